The molecule has 12 nitrogen and oxygen atoms in total. The maximum atomic E-state index is 12.4. The van der Waals surface area contributed by atoms with E-state index in [0.29, 0.717) is 0 Å². The van der Waals surface area contributed by atoms with E-state index >= 15 is 0 Å². The third kappa shape index (κ3) is 4.42. The molecule has 0 unspecified atom stereocenters. The Morgan fingerprint density at radius 1 is 0.533 bits per heavy atom. The quantitative estimate of drug-likeness (QED) is 0.251. The lowest BCUT2D eigenvalue weighted by Crippen LogP contribution is -2.53. The van der Waals surface area contributed by atoms with Gasteiger partial charge in [-0.05, 0) is 12.8 Å². The van der Waals surface area contributed by atoms with Crippen molar-refractivity contribution in [2.24, 2.45) is 10.8 Å². The molecule has 0 saturated carbocycles. The van der Waals surface area contributed by atoms with Gasteiger partial charge in [0.05, 0.1) is 0 Å². The van der Waals surface area contributed by atoms with E-state index in [9.17, 15) is 58.8 Å². The number of carboxylic acids is 4. The average Bonchev–Trinajstić information content (AvgIpc) is 2.61. The summed E-state index contributed by atoms with van der Waals surface area (Å²) in [6.07, 6.45) is -3.61. The van der Waals surface area contributed by atoms with E-state index in [-0.39, 0.29) is 6.42 Å². The molecule has 0 aliphatic heterocycles. The van der Waals surface area contributed by atoms with Crippen LogP contribution in [0.25, 0.3) is 0 Å². The van der Waals surface area contributed by atoms with Crippen molar-refractivity contribution in [3.63, 3.8) is 0 Å². The SMILES string of the molecule is CCCC(=O)C(C(=O)O)(C(=O)O)C(=O)CCCC(=O)C(C(=O)O)(C(=O)O)C(=O)CC. The van der Waals surface area contributed by atoms with Crippen LogP contribution in [0.5, 0.6) is 0 Å². The predicted octanol–water partition coefficient (Wildman–Crippen LogP) is -0.0456. The molecular formula is C18H22O12. The summed E-state index contributed by atoms with van der Waals surface area (Å²) in [5, 5.41) is 36.9. The molecule has 0 atom stereocenters. The van der Waals surface area contributed by atoms with Gasteiger partial charge in [0.2, 0.25) is 0 Å². The van der Waals surface area contributed by atoms with Crippen molar-refractivity contribution >= 4 is 47.0 Å². The first-order chi connectivity index (χ1) is 13.8. The van der Waals surface area contributed by atoms with Crippen molar-refractivity contribution in [2.75, 3.05) is 0 Å². The van der Waals surface area contributed by atoms with E-state index in [1.807, 2.05) is 0 Å². The molecule has 0 rings (SSSR count). The lowest BCUT2D eigenvalue weighted by atomic mass is 9.74. The summed E-state index contributed by atoms with van der Waals surface area (Å²) < 4.78 is 0. The minimum absolute atomic E-state index is 0.0613. The number of carboxylic acid groups (broad SMARTS) is 4. The van der Waals surface area contributed by atoms with E-state index in [2.05, 4.69) is 0 Å². The van der Waals surface area contributed by atoms with Gasteiger partial charge in [0.1, 0.15) is 0 Å². The Morgan fingerprint density at radius 2 is 0.833 bits per heavy atom. The molecule has 0 amide bonds. The second-order valence-electron chi connectivity index (χ2n) is 6.37. The second kappa shape index (κ2) is 10.4. The van der Waals surface area contributed by atoms with Gasteiger partial charge in [0, 0.05) is 25.7 Å². The summed E-state index contributed by atoms with van der Waals surface area (Å²) >= 11 is 0. The molecule has 30 heavy (non-hydrogen) atoms. The summed E-state index contributed by atoms with van der Waals surface area (Å²) in [5.74, 6) is -14.7. The van der Waals surface area contributed by atoms with Gasteiger partial charge in [-0.3, -0.25) is 38.4 Å². The highest BCUT2D eigenvalue weighted by Gasteiger charge is 2.60. The number of Topliss-reactive ketones (excluding diaryl/α,β-unsaturated/α-hetero) is 4. The molecule has 0 aromatic carbocycles. The van der Waals surface area contributed by atoms with E-state index in [1.165, 1.54) is 6.92 Å². The van der Waals surface area contributed by atoms with Crippen molar-refractivity contribution in [3.8, 4) is 0 Å². The summed E-state index contributed by atoms with van der Waals surface area (Å²) in [7, 11) is 0. The lowest BCUT2D eigenvalue weighted by Gasteiger charge is -2.23. The molecule has 0 heterocycles. The highest BCUT2D eigenvalue weighted by molar-refractivity contribution is 6.36. The Labute approximate surface area is 169 Å². The van der Waals surface area contributed by atoms with Crippen LogP contribution in [0, 0.1) is 10.8 Å². The third-order valence-electron chi connectivity index (χ3n) is 4.56. The summed E-state index contributed by atoms with van der Waals surface area (Å²) in [4.78, 5) is 94.5. The first kappa shape index (κ1) is 26.6. The average molecular weight is 430 g/mol. The number of carbonyl (C=O) groups is 8. The molecule has 4 N–H and O–H groups in total. The molecule has 0 aliphatic rings. The molecule has 0 bridgehead atoms. The van der Waals surface area contributed by atoms with Gasteiger partial charge in [0.25, 0.3) is 10.8 Å². The Hall–Kier alpha value is -3.44. The molecule has 12 heteroatoms. The summed E-state index contributed by atoms with van der Waals surface area (Å²) in [5.41, 5.74) is -6.79. The van der Waals surface area contributed by atoms with E-state index in [1.54, 1.807) is 0 Å². The minimum atomic E-state index is -3.40. The number of aliphatic carboxylic acids is 4. The normalized spacial score (nSPS) is 11.4. The van der Waals surface area contributed by atoms with Gasteiger partial charge in [0.15, 0.2) is 23.1 Å². The Kier molecular flexibility index (Phi) is 9.18. The molecule has 0 fully saturated rings. The number of ketones is 4. The van der Waals surface area contributed by atoms with E-state index in [0.717, 1.165) is 6.92 Å². The zero-order valence-electron chi connectivity index (χ0n) is 16.3. The molecule has 0 aliphatic carbocycles. The fourth-order valence-electron chi connectivity index (χ4n) is 2.91. The van der Waals surface area contributed by atoms with Crippen molar-refractivity contribution in [3.05, 3.63) is 0 Å². The lowest BCUT2D eigenvalue weighted by molar-refractivity contribution is -0.174. The van der Waals surface area contributed by atoms with Gasteiger partial charge in [-0.25, -0.2) is 0 Å². The van der Waals surface area contributed by atoms with Crippen LogP contribution in [0.2, 0.25) is 0 Å². The fourth-order valence-corrected chi connectivity index (χ4v) is 2.91. The third-order valence-corrected chi connectivity index (χ3v) is 4.56. The Bertz CT molecular complexity index is 763. The zero-order valence-corrected chi connectivity index (χ0v) is 16.3. The Balaban J connectivity index is 5.77. The number of hydrogen-bond acceptors (Lipinski definition) is 8. The van der Waals surface area contributed by atoms with Crippen LogP contribution >= 0.6 is 0 Å². The smallest absolute Gasteiger partial charge is 0.336 e. The van der Waals surface area contributed by atoms with Crippen LogP contribution in [-0.4, -0.2) is 67.4 Å². The second-order valence-corrected chi connectivity index (χ2v) is 6.37. The summed E-state index contributed by atoms with van der Waals surface area (Å²) in [6, 6.07) is 0. The van der Waals surface area contributed by atoms with E-state index in [4.69, 9.17) is 0 Å². The molecule has 0 saturated heterocycles. The molecular weight excluding hydrogens is 408 g/mol. The summed E-state index contributed by atoms with van der Waals surface area (Å²) in [6.45, 7) is 2.60. The van der Waals surface area contributed by atoms with Crippen molar-refractivity contribution < 1.29 is 58.8 Å². The molecule has 0 spiro atoms. The molecule has 0 radical (unpaired) electrons. The highest BCUT2D eigenvalue weighted by atomic mass is 16.4. The van der Waals surface area contributed by atoms with Crippen molar-refractivity contribution in [1.82, 2.24) is 0 Å². The Morgan fingerprint density at radius 3 is 1.10 bits per heavy atom. The van der Waals surface area contributed by atoms with Gasteiger partial charge in [-0.2, -0.15) is 0 Å². The molecule has 166 valence electrons. The maximum Gasteiger partial charge on any atom is 0.336 e. The van der Waals surface area contributed by atoms with Crippen LogP contribution in [0.4, 0.5) is 0 Å². The zero-order chi connectivity index (χ0) is 23.9. The number of rotatable bonds is 15. The van der Waals surface area contributed by atoms with Crippen molar-refractivity contribution in [1.29, 1.82) is 0 Å². The number of carbonyl (C=O) groups excluding carboxylic acids is 4. The maximum absolute atomic E-state index is 12.4. The first-order valence-corrected chi connectivity index (χ1v) is 8.86. The standard InChI is InChI=1S/C18H22O12/c1-3-6-10(20)18(15(27)28,16(29)30)12(22)8-5-7-11(21)17(13(23)24,14(25)26)9(19)4-2/h3-8H2,1-2H3,(H,23,24)(H,25,26)(H,27,28)(H,29,30). The van der Waals surface area contributed by atoms with Crippen LogP contribution in [0.3, 0.4) is 0 Å². The monoisotopic (exact) mass is 430 g/mol. The van der Waals surface area contributed by atoms with Crippen LogP contribution in [-0.2, 0) is 38.4 Å². The van der Waals surface area contributed by atoms with Crippen LogP contribution in [0.15, 0.2) is 0 Å². The fraction of sp³-hybridized carbons (Fsp3) is 0.556. The predicted molar refractivity (Wildman–Crippen MR) is 94.5 cm³/mol. The molecule has 0 aromatic rings. The largest absolute Gasteiger partial charge is 0.480 e. The van der Waals surface area contributed by atoms with Gasteiger partial charge in [-0.15, -0.1) is 0 Å². The highest BCUT2D eigenvalue weighted by Crippen LogP contribution is 2.29. The number of hydrogen-bond donors (Lipinski definition) is 4. The van der Waals surface area contributed by atoms with Gasteiger partial charge < -0.3 is 20.4 Å². The topological polar surface area (TPSA) is 217 Å². The minimum Gasteiger partial charge on any atom is -0.480 e. The van der Waals surface area contributed by atoms with Crippen molar-refractivity contribution in [2.45, 2.75) is 52.4 Å². The van der Waals surface area contributed by atoms with Crippen LogP contribution in [0.1, 0.15) is 52.4 Å². The van der Waals surface area contributed by atoms with Gasteiger partial charge >= 0.3 is 23.9 Å². The molecule has 0 aromatic heterocycles. The first-order valence-electron chi connectivity index (χ1n) is 8.86. The van der Waals surface area contributed by atoms with Crippen LogP contribution < -0.4 is 0 Å². The van der Waals surface area contributed by atoms with Gasteiger partial charge in [-0.1, -0.05) is 13.8 Å². The van der Waals surface area contributed by atoms with E-state index < -0.39 is 89.9 Å².